The monoisotopic (exact) mass is 428 g/mol. The van der Waals surface area contributed by atoms with Crippen LogP contribution in [0.1, 0.15) is 148 Å². The van der Waals surface area contributed by atoms with E-state index in [1.165, 1.54) is 83.5 Å². The lowest BCUT2D eigenvalue weighted by Gasteiger charge is -2.14. The Labute approximate surface area is 186 Å². The van der Waals surface area contributed by atoms with Gasteiger partial charge >= 0.3 is 5.97 Å². The third-order valence-electron chi connectivity index (χ3n) is 6.15. The van der Waals surface area contributed by atoms with E-state index in [1.54, 1.807) is 0 Å². The van der Waals surface area contributed by atoms with Crippen molar-refractivity contribution in [2.75, 3.05) is 0 Å². The first kappa shape index (κ1) is 29.4. The quantitative estimate of drug-likeness (QED) is 0.140. The average Bonchev–Trinajstić information content (AvgIpc) is 2.72. The van der Waals surface area contributed by atoms with Crippen molar-refractivity contribution in [3.8, 4) is 0 Å². The Morgan fingerprint density at radius 3 is 1.23 bits per heavy atom. The highest BCUT2D eigenvalue weighted by Gasteiger charge is 2.09. The minimum absolute atomic E-state index is 0.228. The minimum Gasteiger partial charge on any atom is -0.481 e. The maximum atomic E-state index is 10.4. The molecule has 0 fully saturated rings. The average molecular weight is 429 g/mol. The molecule has 0 rings (SSSR count). The summed E-state index contributed by atoms with van der Waals surface area (Å²) in [5.74, 6) is -0.672. The first-order valence-electron chi connectivity index (χ1n) is 13.1. The van der Waals surface area contributed by atoms with Gasteiger partial charge in [-0.05, 0) is 32.1 Å². The van der Waals surface area contributed by atoms with Gasteiger partial charge in [0.15, 0.2) is 0 Å². The van der Waals surface area contributed by atoms with Gasteiger partial charge in [0, 0.05) is 6.42 Å². The molecule has 0 aromatic rings. The van der Waals surface area contributed by atoms with E-state index in [-0.39, 0.29) is 12.2 Å². The summed E-state index contributed by atoms with van der Waals surface area (Å²) in [6, 6.07) is 0. The highest BCUT2D eigenvalue weighted by Crippen LogP contribution is 2.16. The third kappa shape index (κ3) is 23.7. The van der Waals surface area contributed by atoms with Crippen molar-refractivity contribution in [1.29, 1.82) is 0 Å². The number of hydrogen-bond acceptors (Lipinski definition) is 3. The van der Waals surface area contributed by atoms with Gasteiger partial charge in [-0.25, -0.2) is 0 Å². The third-order valence-corrected chi connectivity index (χ3v) is 6.15. The largest absolute Gasteiger partial charge is 0.481 e. The summed E-state index contributed by atoms with van der Waals surface area (Å²) in [6.45, 7) is 2.20. The fraction of sp³-hybridized carbons (Fsp3) is 0.962. The first-order chi connectivity index (χ1) is 14.6. The van der Waals surface area contributed by atoms with Gasteiger partial charge < -0.3 is 15.3 Å². The first-order valence-corrected chi connectivity index (χ1v) is 13.1. The predicted octanol–water partition coefficient (Wildman–Crippen LogP) is 7.39. The van der Waals surface area contributed by atoms with E-state index in [9.17, 15) is 15.0 Å². The maximum absolute atomic E-state index is 10.4. The molecule has 30 heavy (non-hydrogen) atoms. The van der Waals surface area contributed by atoms with Gasteiger partial charge in [0.1, 0.15) is 0 Å². The van der Waals surface area contributed by atoms with Crippen molar-refractivity contribution in [2.45, 2.75) is 160 Å². The minimum atomic E-state index is -0.672. The molecule has 0 spiro atoms. The van der Waals surface area contributed by atoms with Crippen molar-refractivity contribution >= 4 is 5.97 Å². The maximum Gasteiger partial charge on any atom is 0.303 e. The van der Waals surface area contributed by atoms with Gasteiger partial charge in [0.2, 0.25) is 0 Å². The molecular formula is C26H52O4. The zero-order valence-electron chi connectivity index (χ0n) is 20.0. The Morgan fingerprint density at radius 1 is 0.533 bits per heavy atom. The van der Waals surface area contributed by atoms with Gasteiger partial charge in [-0.2, -0.15) is 0 Å². The second-order valence-corrected chi connectivity index (χ2v) is 9.26. The molecule has 4 nitrogen and oxygen atoms in total. The molecule has 0 aliphatic heterocycles. The van der Waals surface area contributed by atoms with Crippen LogP contribution in [0.5, 0.6) is 0 Å². The van der Waals surface area contributed by atoms with Crippen LogP contribution in [0.3, 0.4) is 0 Å². The Balaban J connectivity index is 3.23. The Hall–Kier alpha value is -0.610. The van der Waals surface area contributed by atoms with Crippen LogP contribution in [0.2, 0.25) is 0 Å². The van der Waals surface area contributed by atoms with Crippen molar-refractivity contribution in [1.82, 2.24) is 0 Å². The SMILES string of the molecule is CCCCCCC(O)CCC(O)CCCCCCCCCCCCCCCC(=O)O. The molecule has 0 heterocycles. The van der Waals surface area contributed by atoms with Crippen LogP contribution in [-0.4, -0.2) is 33.5 Å². The van der Waals surface area contributed by atoms with E-state index in [2.05, 4.69) is 6.92 Å². The number of aliphatic carboxylic acids is 1. The molecule has 0 aromatic heterocycles. The molecule has 0 bridgehead atoms. The molecular weight excluding hydrogens is 376 g/mol. The predicted molar refractivity (Wildman–Crippen MR) is 127 cm³/mol. The molecule has 0 saturated heterocycles. The molecule has 0 aliphatic carbocycles. The smallest absolute Gasteiger partial charge is 0.303 e. The van der Waals surface area contributed by atoms with Crippen molar-refractivity contribution < 1.29 is 20.1 Å². The van der Waals surface area contributed by atoms with Crippen LogP contribution in [0.25, 0.3) is 0 Å². The molecule has 4 heteroatoms. The van der Waals surface area contributed by atoms with E-state index < -0.39 is 5.97 Å². The van der Waals surface area contributed by atoms with Gasteiger partial charge in [0.25, 0.3) is 0 Å². The zero-order valence-corrected chi connectivity index (χ0v) is 20.0. The second-order valence-electron chi connectivity index (χ2n) is 9.26. The summed E-state index contributed by atoms with van der Waals surface area (Å²) in [4.78, 5) is 10.4. The summed E-state index contributed by atoms with van der Waals surface area (Å²) >= 11 is 0. The number of unbranched alkanes of at least 4 members (excludes halogenated alkanes) is 15. The Bertz CT molecular complexity index is 359. The van der Waals surface area contributed by atoms with Crippen LogP contribution in [0, 0.1) is 0 Å². The van der Waals surface area contributed by atoms with Crippen molar-refractivity contribution in [3.63, 3.8) is 0 Å². The van der Waals surface area contributed by atoms with E-state index >= 15 is 0 Å². The number of aliphatic hydroxyl groups is 2. The summed E-state index contributed by atoms with van der Waals surface area (Å²) in [5.41, 5.74) is 0. The number of carboxylic acids is 1. The molecule has 0 saturated carbocycles. The lowest BCUT2D eigenvalue weighted by atomic mass is 10.00. The highest BCUT2D eigenvalue weighted by atomic mass is 16.4. The lowest BCUT2D eigenvalue weighted by Crippen LogP contribution is -2.13. The fourth-order valence-corrected chi connectivity index (χ4v) is 4.08. The van der Waals surface area contributed by atoms with E-state index in [4.69, 9.17) is 5.11 Å². The van der Waals surface area contributed by atoms with E-state index in [0.717, 1.165) is 51.4 Å². The van der Waals surface area contributed by atoms with Crippen LogP contribution >= 0.6 is 0 Å². The lowest BCUT2D eigenvalue weighted by molar-refractivity contribution is -0.137. The van der Waals surface area contributed by atoms with Crippen LogP contribution in [0.4, 0.5) is 0 Å². The van der Waals surface area contributed by atoms with E-state index in [0.29, 0.717) is 6.42 Å². The standard InChI is InChI=1S/C26H52O4/c1-2-3-4-16-19-24(27)22-23-25(28)20-17-14-12-10-8-6-5-7-9-11-13-15-18-21-26(29)30/h24-25,27-28H,2-23H2,1H3,(H,29,30). The number of hydrogen-bond donors (Lipinski definition) is 3. The van der Waals surface area contributed by atoms with Gasteiger partial charge in [-0.15, -0.1) is 0 Å². The van der Waals surface area contributed by atoms with Crippen LogP contribution in [-0.2, 0) is 4.79 Å². The number of carboxylic acid groups (broad SMARTS) is 1. The normalized spacial score (nSPS) is 13.4. The molecule has 180 valence electrons. The van der Waals surface area contributed by atoms with E-state index in [1.807, 2.05) is 0 Å². The number of rotatable bonds is 24. The van der Waals surface area contributed by atoms with Gasteiger partial charge in [-0.3, -0.25) is 4.79 Å². The number of aliphatic hydroxyl groups excluding tert-OH is 2. The molecule has 0 aromatic carbocycles. The summed E-state index contributed by atoms with van der Waals surface area (Å²) in [5, 5.41) is 28.7. The zero-order chi connectivity index (χ0) is 22.3. The van der Waals surface area contributed by atoms with Crippen LogP contribution in [0.15, 0.2) is 0 Å². The molecule has 0 radical (unpaired) electrons. The molecule has 2 unspecified atom stereocenters. The van der Waals surface area contributed by atoms with Crippen molar-refractivity contribution in [3.05, 3.63) is 0 Å². The Morgan fingerprint density at radius 2 is 0.867 bits per heavy atom. The second kappa shape index (κ2) is 23.1. The van der Waals surface area contributed by atoms with Gasteiger partial charge in [0.05, 0.1) is 12.2 Å². The van der Waals surface area contributed by atoms with Gasteiger partial charge in [-0.1, -0.05) is 110 Å². The number of carbonyl (C=O) groups is 1. The molecule has 0 aliphatic rings. The molecule has 3 N–H and O–H groups in total. The highest BCUT2D eigenvalue weighted by molar-refractivity contribution is 5.66. The fourth-order valence-electron chi connectivity index (χ4n) is 4.08. The molecule has 2 atom stereocenters. The van der Waals surface area contributed by atoms with Crippen LogP contribution < -0.4 is 0 Å². The topological polar surface area (TPSA) is 77.8 Å². The molecule has 0 amide bonds. The van der Waals surface area contributed by atoms with Crippen molar-refractivity contribution in [2.24, 2.45) is 0 Å². The summed E-state index contributed by atoms with van der Waals surface area (Å²) in [6.07, 6.45) is 23.7. The summed E-state index contributed by atoms with van der Waals surface area (Å²) < 4.78 is 0. The summed E-state index contributed by atoms with van der Waals surface area (Å²) in [7, 11) is 0. The Kier molecular flexibility index (Phi) is 22.6.